The van der Waals surface area contributed by atoms with Crippen LogP contribution in [0.3, 0.4) is 0 Å². The third-order valence-electron chi connectivity index (χ3n) is 2.15. The van der Waals surface area contributed by atoms with Crippen LogP contribution in [0.1, 0.15) is 11.1 Å². The molecule has 0 saturated heterocycles. The van der Waals surface area contributed by atoms with E-state index in [9.17, 15) is 0 Å². The Morgan fingerprint density at radius 1 is 0.938 bits per heavy atom. The van der Waals surface area contributed by atoms with Crippen molar-refractivity contribution >= 4 is 0 Å². The molecule has 3 nitrogen and oxygen atoms in total. The number of rotatable bonds is 1. The number of hydrogen-bond acceptors (Lipinski definition) is 3. The van der Waals surface area contributed by atoms with E-state index in [-0.39, 0.29) is 0 Å². The second kappa shape index (κ2) is 4.25. The van der Waals surface area contributed by atoms with Crippen LogP contribution in [-0.4, -0.2) is 4.98 Å². The Balaban J connectivity index is 2.59. The Kier molecular flexibility index (Phi) is 2.63. The molecule has 0 radical (unpaired) electrons. The van der Waals surface area contributed by atoms with E-state index in [1.807, 2.05) is 30.3 Å². The molecular formula is C13H7N3. The quantitative estimate of drug-likeness (QED) is 0.718. The molecule has 0 aliphatic rings. The smallest absolute Gasteiger partial charge is 0.0992 e. The van der Waals surface area contributed by atoms with E-state index >= 15 is 0 Å². The van der Waals surface area contributed by atoms with Crippen LogP contribution < -0.4 is 0 Å². The highest BCUT2D eigenvalue weighted by molar-refractivity contribution is 5.63. The van der Waals surface area contributed by atoms with Crippen LogP contribution in [0.15, 0.2) is 42.6 Å². The number of nitrogens with zero attached hydrogens (tertiary/aromatic N) is 3. The molecule has 3 heteroatoms. The molecule has 0 atom stereocenters. The van der Waals surface area contributed by atoms with Crippen LogP contribution in [0.25, 0.3) is 11.3 Å². The molecule has 0 aliphatic heterocycles. The van der Waals surface area contributed by atoms with Crippen LogP contribution in [0.2, 0.25) is 0 Å². The van der Waals surface area contributed by atoms with Gasteiger partial charge in [-0.1, -0.05) is 6.07 Å². The topological polar surface area (TPSA) is 60.5 Å². The summed E-state index contributed by atoms with van der Waals surface area (Å²) in [4.78, 5) is 4.18. The van der Waals surface area contributed by atoms with Crippen molar-refractivity contribution in [2.45, 2.75) is 0 Å². The third-order valence-corrected chi connectivity index (χ3v) is 2.15. The van der Waals surface area contributed by atoms with E-state index in [1.165, 1.54) is 0 Å². The van der Waals surface area contributed by atoms with Gasteiger partial charge in [-0.25, -0.2) is 0 Å². The largest absolute Gasteiger partial charge is 0.256 e. The van der Waals surface area contributed by atoms with Gasteiger partial charge in [0.25, 0.3) is 0 Å². The third kappa shape index (κ3) is 1.89. The van der Waals surface area contributed by atoms with Crippen LogP contribution in [0.4, 0.5) is 0 Å². The summed E-state index contributed by atoms with van der Waals surface area (Å²) in [6.45, 7) is 0. The molecule has 1 heterocycles. The lowest BCUT2D eigenvalue weighted by Gasteiger charge is -2.01. The molecule has 16 heavy (non-hydrogen) atoms. The minimum atomic E-state index is 0.472. The second-order valence-corrected chi connectivity index (χ2v) is 3.24. The van der Waals surface area contributed by atoms with Gasteiger partial charge in [-0.15, -0.1) is 0 Å². The lowest BCUT2D eigenvalue weighted by atomic mass is 10.0. The summed E-state index contributed by atoms with van der Waals surface area (Å²) in [5, 5.41) is 17.7. The van der Waals surface area contributed by atoms with Gasteiger partial charge >= 0.3 is 0 Å². The summed E-state index contributed by atoms with van der Waals surface area (Å²) in [5.41, 5.74) is 2.49. The Labute approximate surface area is 93.2 Å². The molecule has 0 amide bonds. The van der Waals surface area contributed by atoms with Gasteiger partial charge in [0.05, 0.1) is 29.0 Å². The van der Waals surface area contributed by atoms with Crippen molar-refractivity contribution in [3.05, 3.63) is 53.7 Å². The monoisotopic (exact) mass is 205 g/mol. The van der Waals surface area contributed by atoms with E-state index in [1.54, 1.807) is 24.4 Å². The fourth-order valence-corrected chi connectivity index (χ4v) is 1.44. The van der Waals surface area contributed by atoms with Crippen molar-refractivity contribution in [2.75, 3.05) is 0 Å². The number of aromatic nitrogens is 1. The fraction of sp³-hybridized carbons (Fsp3) is 0. The van der Waals surface area contributed by atoms with Crippen molar-refractivity contribution in [1.29, 1.82) is 10.5 Å². The Hall–Kier alpha value is -2.65. The molecule has 1 aromatic heterocycles. The molecule has 2 rings (SSSR count). The summed E-state index contributed by atoms with van der Waals surface area (Å²) in [6, 6.07) is 14.6. The molecule has 2 aromatic rings. The first kappa shape index (κ1) is 9.89. The van der Waals surface area contributed by atoms with Gasteiger partial charge in [-0.2, -0.15) is 10.5 Å². The van der Waals surface area contributed by atoms with E-state index in [0.717, 1.165) is 11.3 Å². The summed E-state index contributed by atoms with van der Waals surface area (Å²) < 4.78 is 0. The molecule has 0 spiro atoms. The van der Waals surface area contributed by atoms with Gasteiger partial charge in [0, 0.05) is 11.8 Å². The minimum Gasteiger partial charge on any atom is -0.256 e. The first-order valence-electron chi connectivity index (χ1n) is 4.70. The normalized spacial score (nSPS) is 9.12. The zero-order valence-electron chi connectivity index (χ0n) is 8.38. The molecular weight excluding hydrogens is 198 g/mol. The number of pyridine rings is 1. The minimum absolute atomic E-state index is 0.472. The Bertz CT molecular complexity index is 557. The van der Waals surface area contributed by atoms with E-state index in [0.29, 0.717) is 11.1 Å². The predicted octanol–water partition coefficient (Wildman–Crippen LogP) is 2.49. The fourth-order valence-electron chi connectivity index (χ4n) is 1.44. The first-order valence-corrected chi connectivity index (χ1v) is 4.70. The van der Waals surface area contributed by atoms with E-state index in [4.69, 9.17) is 10.5 Å². The lowest BCUT2D eigenvalue weighted by molar-refractivity contribution is 1.32. The molecule has 0 unspecified atom stereocenters. The summed E-state index contributed by atoms with van der Waals surface area (Å²) in [7, 11) is 0. The maximum absolute atomic E-state index is 8.85. The zero-order chi connectivity index (χ0) is 11.4. The molecule has 74 valence electrons. The zero-order valence-corrected chi connectivity index (χ0v) is 8.38. The SMILES string of the molecule is N#Cc1cc(C#N)cc(-c2ccccn2)c1. The highest BCUT2D eigenvalue weighted by Crippen LogP contribution is 2.19. The number of hydrogen-bond donors (Lipinski definition) is 0. The maximum Gasteiger partial charge on any atom is 0.0992 e. The van der Waals surface area contributed by atoms with Gasteiger partial charge in [0.15, 0.2) is 0 Å². The molecule has 0 aliphatic carbocycles. The molecule has 0 fully saturated rings. The molecule has 0 saturated carbocycles. The van der Waals surface area contributed by atoms with Gasteiger partial charge in [0.1, 0.15) is 0 Å². The summed E-state index contributed by atoms with van der Waals surface area (Å²) in [6.07, 6.45) is 1.68. The second-order valence-electron chi connectivity index (χ2n) is 3.24. The standard InChI is InChI=1S/C13H7N3/c14-8-10-5-11(9-15)7-12(6-10)13-3-1-2-4-16-13/h1-7H. The maximum atomic E-state index is 8.85. The van der Waals surface area contributed by atoms with Crippen molar-refractivity contribution < 1.29 is 0 Å². The van der Waals surface area contributed by atoms with Crippen LogP contribution >= 0.6 is 0 Å². The van der Waals surface area contributed by atoms with Crippen LogP contribution in [0.5, 0.6) is 0 Å². The van der Waals surface area contributed by atoms with Crippen molar-refractivity contribution in [1.82, 2.24) is 4.98 Å². The Morgan fingerprint density at radius 2 is 1.62 bits per heavy atom. The summed E-state index contributed by atoms with van der Waals surface area (Å²) in [5.74, 6) is 0. The van der Waals surface area contributed by atoms with Crippen LogP contribution in [-0.2, 0) is 0 Å². The average Bonchev–Trinajstić information content (AvgIpc) is 2.39. The van der Waals surface area contributed by atoms with Gasteiger partial charge < -0.3 is 0 Å². The average molecular weight is 205 g/mol. The molecule has 1 aromatic carbocycles. The predicted molar refractivity (Wildman–Crippen MR) is 59.1 cm³/mol. The highest BCUT2D eigenvalue weighted by Gasteiger charge is 2.03. The van der Waals surface area contributed by atoms with E-state index in [2.05, 4.69) is 4.98 Å². The van der Waals surface area contributed by atoms with Crippen LogP contribution in [0, 0.1) is 22.7 Å². The van der Waals surface area contributed by atoms with Crippen molar-refractivity contribution in [3.63, 3.8) is 0 Å². The van der Waals surface area contributed by atoms with Crippen molar-refractivity contribution in [2.24, 2.45) is 0 Å². The first-order chi connectivity index (χ1) is 7.83. The highest BCUT2D eigenvalue weighted by atomic mass is 14.7. The summed E-state index contributed by atoms with van der Waals surface area (Å²) >= 11 is 0. The van der Waals surface area contributed by atoms with Gasteiger partial charge in [-0.3, -0.25) is 4.98 Å². The Morgan fingerprint density at radius 3 is 2.12 bits per heavy atom. The van der Waals surface area contributed by atoms with Crippen molar-refractivity contribution in [3.8, 4) is 23.4 Å². The molecule has 0 N–H and O–H groups in total. The number of nitriles is 2. The van der Waals surface area contributed by atoms with Gasteiger partial charge in [-0.05, 0) is 30.3 Å². The van der Waals surface area contributed by atoms with E-state index < -0.39 is 0 Å². The molecule has 0 bridgehead atoms. The lowest BCUT2D eigenvalue weighted by Crippen LogP contribution is -1.86. The van der Waals surface area contributed by atoms with Gasteiger partial charge in [0.2, 0.25) is 0 Å². The number of benzene rings is 1.